The Bertz CT molecular complexity index is 650. The highest BCUT2D eigenvalue weighted by atomic mass is 16.4. The zero-order valence-electron chi connectivity index (χ0n) is 11.9. The molecule has 0 radical (unpaired) electrons. The molecule has 6 nitrogen and oxygen atoms in total. The molecule has 1 atom stereocenters. The lowest BCUT2D eigenvalue weighted by molar-refractivity contribution is -0.139. The molecule has 1 unspecified atom stereocenters. The van der Waals surface area contributed by atoms with Crippen molar-refractivity contribution in [3.05, 3.63) is 53.1 Å². The van der Waals surface area contributed by atoms with Crippen molar-refractivity contribution in [3.8, 4) is 0 Å². The van der Waals surface area contributed by atoms with E-state index in [1.54, 1.807) is 12.3 Å². The van der Waals surface area contributed by atoms with Crippen molar-refractivity contribution in [1.82, 2.24) is 15.3 Å². The van der Waals surface area contributed by atoms with E-state index in [0.717, 1.165) is 11.1 Å². The van der Waals surface area contributed by atoms with Gasteiger partial charge >= 0.3 is 5.97 Å². The van der Waals surface area contributed by atoms with Gasteiger partial charge in [0.2, 0.25) is 0 Å². The highest BCUT2D eigenvalue weighted by molar-refractivity contribution is 5.98. The van der Waals surface area contributed by atoms with Crippen LogP contribution in [-0.2, 0) is 11.2 Å². The number of nitrogens with one attached hydrogen (secondary N) is 2. The number of hydrogen-bond donors (Lipinski definition) is 3. The van der Waals surface area contributed by atoms with Crippen molar-refractivity contribution < 1.29 is 14.7 Å². The molecule has 0 saturated heterocycles. The topological polar surface area (TPSA) is 95.1 Å². The number of carboxylic acids is 1. The molecule has 0 spiro atoms. The minimum atomic E-state index is -1.08. The predicted molar refractivity (Wildman–Crippen MR) is 77.1 cm³/mol. The van der Waals surface area contributed by atoms with Crippen molar-refractivity contribution >= 4 is 11.9 Å². The molecule has 110 valence electrons. The van der Waals surface area contributed by atoms with Crippen molar-refractivity contribution in [1.29, 1.82) is 0 Å². The van der Waals surface area contributed by atoms with Crippen LogP contribution in [0.3, 0.4) is 0 Å². The van der Waals surface area contributed by atoms with E-state index in [4.69, 9.17) is 0 Å². The van der Waals surface area contributed by atoms with Gasteiger partial charge in [-0.15, -0.1) is 0 Å². The summed E-state index contributed by atoms with van der Waals surface area (Å²) in [4.78, 5) is 30.2. The summed E-state index contributed by atoms with van der Waals surface area (Å²) in [7, 11) is 0. The number of aromatic nitrogens is 2. The SMILES string of the molecule is Cc1ccc(C)c(C(=O)NC(Cc2cnc[nH]2)C(=O)O)c1. The minimum absolute atomic E-state index is 0.159. The van der Waals surface area contributed by atoms with E-state index in [-0.39, 0.29) is 12.3 Å². The molecule has 0 saturated carbocycles. The van der Waals surface area contributed by atoms with Crippen LogP contribution in [0.4, 0.5) is 0 Å². The van der Waals surface area contributed by atoms with Gasteiger partial charge in [0, 0.05) is 23.9 Å². The molecule has 0 aliphatic carbocycles. The van der Waals surface area contributed by atoms with Crippen molar-refractivity contribution in [2.24, 2.45) is 0 Å². The number of benzene rings is 1. The van der Waals surface area contributed by atoms with Crippen LogP contribution in [0.5, 0.6) is 0 Å². The average molecular weight is 287 g/mol. The fourth-order valence-electron chi connectivity index (χ4n) is 2.03. The fraction of sp³-hybridized carbons (Fsp3) is 0.267. The number of nitrogens with zero attached hydrogens (tertiary/aromatic N) is 1. The zero-order valence-corrected chi connectivity index (χ0v) is 11.9. The highest BCUT2D eigenvalue weighted by Crippen LogP contribution is 2.11. The van der Waals surface area contributed by atoms with Crippen LogP contribution in [0.25, 0.3) is 0 Å². The van der Waals surface area contributed by atoms with Crippen LogP contribution < -0.4 is 5.32 Å². The fourth-order valence-corrected chi connectivity index (χ4v) is 2.03. The van der Waals surface area contributed by atoms with Gasteiger partial charge in [-0.3, -0.25) is 4.79 Å². The first-order chi connectivity index (χ1) is 9.97. The van der Waals surface area contributed by atoms with Gasteiger partial charge in [-0.25, -0.2) is 9.78 Å². The molecule has 0 fully saturated rings. The lowest BCUT2D eigenvalue weighted by Crippen LogP contribution is -2.42. The number of rotatable bonds is 5. The molecule has 0 bridgehead atoms. The maximum Gasteiger partial charge on any atom is 0.326 e. The van der Waals surface area contributed by atoms with Crippen LogP contribution in [0.1, 0.15) is 27.2 Å². The average Bonchev–Trinajstić information content (AvgIpc) is 2.93. The first kappa shape index (κ1) is 14.8. The van der Waals surface area contributed by atoms with E-state index in [1.165, 1.54) is 6.33 Å². The number of aromatic amines is 1. The Kier molecular flexibility index (Phi) is 4.37. The number of imidazole rings is 1. The second-order valence-electron chi connectivity index (χ2n) is 4.96. The van der Waals surface area contributed by atoms with Gasteiger partial charge < -0.3 is 15.4 Å². The Morgan fingerprint density at radius 1 is 1.38 bits per heavy atom. The number of aliphatic carboxylic acids is 1. The Morgan fingerprint density at radius 3 is 2.76 bits per heavy atom. The molecular formula is C15H17N3O3. The van der Waals surface area contributed by atoms with Crippen LogP contribution in [0.15, 0.2) is 30.7 Å². The van der Waals surface area contributed by atoms with Gasteiger partial charge in [0.1, 0.15) is 6.04 Å². The Hall–Kier alpha value is -2.63. The van der Waals surface area contributed by atoms with Gasteiger partial charge in [-0.2, -0.15) is 0 Å². The number of carbonyl (C=O) groups is 2. The molecule has 21 heavy (non-hydrogen) atoms. The first-order valence-electron chi connectivity index (χ1n) is 6.55. The molecule has 0 aliphatic heterocycles. The molecule has 6 heteroatoms. The number of hydrogen-bond acceptors (Lipinski definition) is 3. The molecule has 1 aromatic heterocycles. The summed E-state index contributed by atoms with van der Waals surface area (Å²) < 4.78 is 0. The lowest BCUT2D eigenvalue weighted by Gasteiger charge is -2.15. The van der Waals surface area contributed by atoms with E-state index in [0.29, 0.717) is 11.3 Å². The maximum atomic E-state index is 12.3. The molecular weight excluding hydrogens is 270 g/mol. The summed E-state index contributed by atoms with van der Waals surface area (Å²) in [5, 5.41) is 11.8. The quantitative estimate of drug-likeness (QED) is 0.775. The Morgan fingerprint density at radius 2 is 2.14 bits per heavy atom. The summed E-state index contributed by atoms with van der Waals surface area (Å²) in [6.07, 6.45) is 3.17. The van der Waals surface area contributed by atoms with Crippen LogP contribution in [-0.4, -0.2) is 33.0 Å². The normalized spacial score (nSPS) is 11.9. The predicted octanol–water partition coefficient (Wildman–Crippen LogP) is 1.45. The van der Waals surface area contributed by atoms with E-state index < -0.39 is 12.0 Å². The summed E-state index contributed by atoms with van der Waals surface area (Å²) in [6.45, 7) is 3.70. The third-order valence-electron chi connectivity index (χ3n) is 3.22. The van der Waals surface area contributed by atoms with Crippen LogP contribution >= 0.6 is 0 Å². The molecule has 1 amide bonds. The van der Waals surface area contributed by atoms with Crippen molar-refractivity contribution in [3.63, 3.8) is 0 Å². The van der Waals surface area contributed by atoms with Crippen LogP contribution in [0.2, 0.25) is 0 Å². The smallest absolute Gasteiger partial charge is 0.326 e. The standard InChI is InChI=1S/C15H17N3O3/c1-9-3-4-10(2)12(5-9)14(19)18-13(15(20)21)6-11-7-16-8-17-11/h3-5,7-8,13H,6H2,1-2H3,(H,16,17)(H,18,19)(H,20,21). The van der Waals surface area contributed by atoms with E-state index in [2.05, 4.69) is 15.3 Å². The minimum Gasteiger partial charge on any atom is -0.480 e. The number of aryl methyl sites for hydroxylation is 2. The molecule has 0 aliphatic rings. The monoisotopic (exact) mass is 287 g/mol. The number of amides is 1. The molecule has 2 aromatic rings. The van der Waals surface area contributed by atoms with Gasteiger partial charge in [-0.05, 0) is 25.5 Å². The molecule has 3 N–H and O–H groups in total. The summed E-state index contributed by atoms with van der Waals surface area (Å²) in [5.74, 6) is -1.47. The Labute approximate surface area is 122 Å². The second-order valence-corrected chi connectivity index (χ2v) is 4.96. The van der Waals surface area contributed by atoms with E-state index in [9.17, 15) is 14.7 Å². The maximum absolute atomic E-state index is 12.3. The summed E-state index contributed by atoms with van der Waals surface area (Å²) >= 11 is 0. The third kappa shape index (κ3) is 3.68. The Balaban J connectivity index is 2.14. The number of carbonyl (C=O) groups excluding carboxylic acids is 1. The van der Waals surface area contributed by atoms with Gasteiger partial charge in [0.25, 0.3) is 5.91 Å². The zero-order chi connectivity index (χ0) is 15.4. The second kappa shape index (κ2) is 6.21. The van der Waals surface area contributed by atoms with E-state index >= 15 is 0 Å². The summed E-state index contributed by atoms with van der Waals surface area (Å²) in [6, 6.07) is 4.50. The summed E-state index contributed by atoms with van der Waals surface area (Å²) in [5.41, 5.74) is 2.91. The molecule has 1 aromatic carbocycles. The first-order valence-corrected chi connectivity index (χ1v) is 6.55. The van der Waals surface area contributed by atoms with Crippen molar-refractivity contribution in [2.45, 2.75) is 26.3 Å². The third-order valence-corrected chi connectivity index (χ3v) is 3.22. The lowest BCUT2D eigenvalue weighted by atomic mass is 10.0. The highest BCUT2D eigenvalue weighted by Gasteiger charge is 2.22. The van der Waals surface area contributed by atoms with Gasteiger partial charge in [0.15, 0.2) is 0 Å². The van der Waals surface area contributed by atoms with Gasteiger partial charge in [-0.1, -0.05) is 17.7 Å². The molecule has 1 heterocycles. The largest absolute Gasteiger partial charge is 0.480 e. The van der Waals surface area contributed by atoms with Gasteiger partial charge in [0.05, 0.1) is 6.33 Å². The number of carboxylic acid groups (broad SMARTS) is 1. The number of H-pyrrole nitrogens is 1. The molecule has 2 rings (SSSR count). The van der Waals surface area contributed by atoms with E-state index in [1.807, 2.05) is 26.0 Å². The van der Waals surface area contributed by atoms with Crippen LogP contribution in [0, 0.1) is 13.8 Å². The van der Waals surface area contributed by atoms with Crippen molar-refractivity contribution in [2.75, 3.05) is 0 Å².